The van der Waals surface area contributed by atoms with Crippen molar-refractivity contribution in [1.29, 1.82) is 0 Å². The van der Waals surface area contributed by atoms with Crippen molar-refractivity contribution in [2.45, 2.75) is 31.1 Å². The van der Waals surface area contributed by atoms with Gasteiger partial charge in [0.2, 0.25) is 15.9 Å². The highest BCUT2D eigenvalue weighted by molar-refractivity contribution is 7.89. The number of carbonyl (C=O) groups is 1. The second kappa shape index (κ2) is 10.8. The van der Waals surface area contributed by atoms with Gasteiger partial charge in [-0.25, -0.2) is 13.1 Å². The molecule has 180 valence electrons. The van der Waals surface area contributed by atoms with E-state index < -0.39 is 10.0 Å². The summed E-state index contributed by atoms with van der Waals surface area (Å²) in [6.07, 6.45) is 5.47. The lowest BCUT2D eigenvalue weighted by Gasteiger charge is -2.30. The topological polar surface area (TPSA) is 93.5 Å². The van der Waals surface area contributed by atoms with Crippen LogP contribution in [0.4, 0.5) is 0 Å². The van der Waals surface area contributed by atoms with Gasteiger partial charge in [-0.1, -0.05) is 18.2 Å². The molecule has 4 rings (SSSR count). The second-order valence-corrected chi connectivity index (χ2v) is 10.2. The van der Waals surface area contributed by atoms with Crippen LogP contribution in [0.3, 0.4) is 0 Å². The molecule has 8 nitrogen and oxygen atoms in total. The molecule has 34 heavy (non-hydrogen) atoms. The largest absolute Gasteiger partial charge is 0.494 e. The molecule has 3 aromatic rings. The standard InChI is InChI=1S/C25H30N4O4S/c1-2-33-23-8-10-24(11-9-23)34(31,32)28-16-13-21(14-17-28)25(30)26-15-12-20-18-27-29(19-20)22-6-4-3-5-7-22/h3-11,18-19,21H,2,12-17H2,1H3,(H,26,30). The lowest BCUT2D eigenvalue weighted by Crippen LogP contribution is -2.43. The van der Waals surface area contributed by atoms with Gasteiger partial charge < -0.3 is 10.1 Å². The first kappa shape index (κ1) is 24.0. The van der Waals surface area contributed by atoms with Crippen LogP contribution in [0, 0.1) is 5.92 Å². The smallest absolute Gasteiger partial charge is 0.243 e. The number of hydrogen-bond donors (Lipinski definition) is 1. The number of para-hydroxylation sites is 1. The molecular weight excluding hydrogens is 452 g/mol. The number of nitrogens with zero attached hydrogens (tertiary/aromatic N) is 3. The van der Waals surface area contributed by atoms with Crippen LogP contribution < -0.4 is 10.1 Å². The third-order valence-corrected chi connectivity index (χ3v) is 7.88. The number of rotatable bonds is 9. The Bertz CT molecular complexity index is 1190. The van der Waals surface area contributed by atoms with Gasteiger partial charge in [0.05, 0.1) is 23.4 Å². The van der Waals surface area contributed by atoms with Gasteiger partial charge in [0.1, 0.15) is 5.75 Å². The fourth-order valence-corrected chi connectivity index (χ4v) is 5.54. The minimum Gasteiger partial charge on any atom is -0.494 e. The third-order valence-electron chi connectivity index (χ3n) is 5.97. The average molecular weight is 483 g/mol. The molecule has 0 bridgehead atoms. The zero-order valence-electron chi connectivity index (χ0n) is 19.3. The maximum Gasteiger partial charge on any atom is 0.243 e. The van der Waals surface area contributed by atoms with E-state index in [2.05, 4.69) is 10.4 Å². The van der Waals surface area contributed by atoms with Crippen molar-refractivity contribution in [3.63, 3.8) is 0 Å². The van der Waals surface area contributed by atoms with Crippen molar-refractivity contribution in [3.05, 3.63) is 72.6 Å². The van der Waals surface area contributed by atoms with Gasteiger partial charge in [-0.05, 0) is 68.1 Å². The number of benzene rings is 2. The molecule has 1 aliphatic heterocycles. The van der Waals surface area contributed by atoms with Gasteiger partial charge in [-0.2, -0.15) is 9.40 Å². The number of carbonyl (C=O) groups excluding carboxylic acids is 1. The van der Waals surface area contributed by atoms with Crippen LogP contribution in [0.2, 0.25) is 0 Å². The molecule has 1 N–H and O–H groups in total. The molecular formula is C25H30N4O4S. The summed E-state index contributed by atoms with van der Waals surface area (Å²) in [7, 11) is -3.58. The van der Waals surface area contributed by atoms with Crippen molar-refractivity contribution in [2.75, 3.05) is 26.2 Å². The van der Waals surface area contributed by atoms with Gasteiger partial charge >= 0.3 is 0 Å². The summed E-state index contributed by atoms with van der Waals surface area (Å²) in [4.78, 5) is 12.9. The van der Waals surface area contributed by atoms with E-state index >= 15 is 0 Å². The summed E-state index contributed by atoms with van der Waals surface area (Å²) in [5, 5.41) is 7.37. The van der Waals surface area contributed by atoms with Gasteiger partial charge in [0, 0.05) is 31.7 Å². The van der Waals surface area contributed by atoms with Crippen LogP contribution in [0.25, 0.3) is 5.69 Å². The van der Waals surface area contributed by atoms with Crippen molar-refractivity contribution in [3.8, 4) is 11.4 Å². The first-order valence-electron chi connectivity index (χ1n) is 11.6. The number of hydrogen-bond acceptors (Lipinski definition) is 5. The zero-order valence-corrected chi connectivity index (χ0v) is 20.1. The number of sulfonamides is 1. The molecule has 9 heteroatoms. The fourth-order valence-electron chi connectivity index (χ4n) is 4.07. The molecule has 0 atom stereocenters. The number of nitrogens with one attached hydrogen (secondary N) is 1. The fraction of sp³-hybridized carbons (Fsp3) is 0.360. The van der Waals surface area contributed by atoms with E-state index in [-0.39, 0.29) is 16.7 Å². The summed E-state index contributed by atoms with van der Waals surface area (Å²) in [6, 6.07) is 16.3. The Kier molecular flexibility index (Phi) is 7.64. The summed E-state index contributed by atoms with van der Waals surface area (Å²) in [5.41, 5.74) is 2.03. The van der Waals surface area contributed by atoms with E-state index in [0.717, 1.165) is 11.3 Å². The maximum absolute atomic E-state index is 12.9. The molecule has 0 radical (unpaired) electrons. The van der Waals surface area contributed by atoms with Crippen LogP contribution in [0.15, 0.2) is 71.9 Å². The van der Waals surface area contributed by atoms with Crippen molar-refractivity contribution in [2.24, 2.45) is 5.92 Å². The Hall–Kier alpha value is -3.17. The summed E-state index contributed by atoms with van der Waals surface area (Å²) in [6.45, 7) is 3.59. The van der Waals surface area contributed by atoms with E-state index in [1.165, 1.54) is 4.31 Å². The highest BCUT2D eigenvalue weighted by Gasteiger charge is 2.32. The van der Waals surface area contributed by atoms with Gasteiger partial charge in [-0.15, -0.1) is 0 Å². The van der Waals surface area contributed by atoms with E-state index in [0.29, 0.717) is 51.3 Å². The maximum atomic E-state index is 12.9. The minimum atomic E-state index is -3.58. The van der Waals surface area contributed by atoms with Gasteiger partial charge in [-0.3, -0.25) is 4.79 Å². The summed E-state index contributed by atoms with van der Waals surface area (Å²) < 4.78 is 34.5. The molecule has 1 aliphatic rings. The Morgan fingerprint density at radius 2 is 1.79 bits per heavy atom. The van der Waals surface area contributed by atoms with Crippen LogP contribution in [0.5, 0.6) is 5.75 Å². The normalized spacial score (nSPS) is 15.2. The predicted octanol–water partition coefficient (Wildman–Crippen LogP) is 3.03. The van der Waals surface area contributed by atoms with Crippen LogP contribution in [-0.4, -0.2) is 54.7 Å². The number of ether oxygens (including phenoxy) is 1. The van der Waals surface area contributed by atoms with Gasteiger partial charge in [0.25, 0.3) is 0 Å². The molecule has 0 spiro atoms. The zero-order chi connectivity index (χ0) is 24.0. The molecule has 1 fully saturated rings. The molecule has 1 amide bonds. The quantitative estimate of drug-likeness (QED) is 0.506. The molecule has 1 saturated heterocycles. The lowest BCUT2D eigenvalue weighted by molar-refractivity contribution is -0.126. The second-order valence-electron chi connectivity index (χ2n) is 8.25. The molecule has 2 aromatic carbocycles. The monoisotopic (exact) mass is 482 g/mol. The van der Waals surface area contributed by atoms with Crippen LogP contribution >= 0.6 is 0 Å². The highest BCUT2D eigenvalue weighted by Crippen LogP contribution is 2.25. The van der Waals surface area contributed by atoms with Crippen molar-refractivity contribution in [1.82, 2.24) is 19.4 Å². The SMILES string of the molecule is CCOc1ccc(S(=O)(=O)N2CCC(C(=O)NCCc3cnn(-c4ccccc4)c3)CC2)cc1. The molecule has 0 saturated carbocycles. The Balaban J connectivity index is 1.24. The van der Waals surface area contributed by atoms with E-state index in [4.69, 9.17) is 4.74 Å². The average Bonchev–Trinajstić information content (AvgIpc) is 3.34. The Morgan fingerprint density at radius 1 is 1.09 bits per heavy atom. The van der Waals surface area contributed by atoms with Crippen molar-refractivity contribution >= 4 is 15.9 Å². The van der Waals surface area contributed by atoms with Crippen LogP contribution in [0.1, 0.15) is 25.3 Å². The first-order chi connectivity index (χ1) is 16.5. The van der Waals surface area contributed by atoms with Crippen LogP contribution in [-0.2, 0) is 21.2 Å². The van der Waals surface area contributed by atoms with Gasteiger partial charge in [0.15, 0.2) is 0 Å². The number of piperidine rings is 1. The molecule has 0 unspecified atom stereocenters. The minimum absolute atomic E-state index is 0.0198. The summed E-state index contributed by atoms with van der Waals surface area (Å²) in [5.74, 6) is 0.441. The number of amides is 1. The Morgan fingerprint density at radius 3 is 2.47 bits per heavy atom. The first-order valence-corrected chi connectivity index (χ1v) is 13.0. The third kappa shape index (κ3) is 5.66. The number of aromatic nitrogens is 2. The molecule has 1 aromatic heterocycles. The van der Waals surface area contributed by atoms with E-state index in [1.807, 2.05) is 54.3 Å². The Labute approximate surface area is 200 Å². The van der Waals surface area contributed by atoms with E-state index in [1.54, 1.807) is 24.3 Å². The highest BCUT2D eigenvalue weighted by atomic mass is 32.2. The predicted molar refractivity (Wildman–Crippen MR) is 129 cm³/mol. The molecule has 0 aliphatic carbocycles. The molecule has 2 heterocycles. The summed E-state index contributed by atoms with van der Waals surface area (Å²) >= 11 is 0. The van der Waals surface area contributed by atoms with E-state index in [9.17, 15) is 13.2 Å². The lowest BCUT2D eigenvalue weighted by atomic mass is 9.97. The van der Waals surface area contributed by atoms with Crippen molar-refractivity contribution < 1.29 is 17.9 Å².